The van der Waals surface area contributed by atoms with Crippen molar-refractivity contribution in [2.75, 3.05) is 0 Å². The van der Waals surface area contributed by atoms with E-state index in [1.54, 1.807) is 0 Å². The number of allylic oxidation sites excluding steroid dienone is 2. The molecule has 0 bridgehead atoms. The number of fused-ring (bicyclic) bond motifs is 1. The fourth-order valence-corrected chi connectivity index (χ4v) is 3.04. The Morgan fingerprint density at radius 1 is 1.28 bits per heavy atom. The first kappa shape index (κ1) is 11.8. The summed E-state index contributed by atoms with van der Waals surface area (Å²) in [4.78, 5) is 0. The van der Waals surface area contributed by atoms with Gasteiger partial charge < -0.3 is 9.84 Å². The highest BCUT2D eigenvalue weighted by atomic mass is 16.5. The summed E-state index contributed by atoms with van der Waals surface area (Å²) < 4.78 is 6.10. The Bertz CT molecular complexity index is 464. The maximum absolute atomic E-state index is 10.3. The smallest absolute Gasteiger partial charge is 0.125 e. The summed E-state index contributed by atoms with van der Waals surface area (Å²) in [6.45, 7) is 2.05. The second-order valence-corrected chi connectivity index (χ2v) is 5.49. The van der Waals surface area contributed by atoms with Crippen molar-refractivity contribution in [2.24, 2.45) is 5.92 Å². The van der Waals surface area contributed by atoms with Crippen LogP contribution in [0.15, 0.2) is 30.4 Å². The molecule has 3 unspecified atom stereocenters. The first-order chi connectivity index (χ1) is 8.74. The molecule has 3 atom stereocenters. The Morgan fingerprint density at radius 2 is 2.17 bits per heavy atom. The number of rotatable bonds is 1. The van der Waals surface area contributed by atoms with E-state index >= 15 is 0 Å². The third kappa shape index (κ3) is 2.17. The predicted octanol–water partition coefficient (Wildman–Crippen LogP) is 3.54. The molecule has 0 spiro atoms. The monoisotopic (exact) mass is 244 g/mol. The number of ether oxygens (including phenoxy) is 1. The zero-order valence-corrected chi connectivity index (χ0v) is 10.8. The first-order valence-electron chi connectivity index (χ1n) is 6.84. The molecule has 0 radical (unpaired) electrons. The highest BCUT2D eigenvalue weighted by Gasteiger charge is 2.32. The van der Waals surface area contributed by atoms with Crippen LogP contribution >= 0.6 is 0 Å². The highest BCUT2D eigenvalue weighted by Crippen LogP contribution is 2.39. The van der Waals surface area contributed by atoms with Crippen molar-refractivity contribution in [1.29, 1.82) is 0 Å². The Labute approximate surface area is 108 Å². The van der Waals surface area contributed by atoms with Crippen molar-refractivity contribution in [3.05, 3.63) is 41.5 Å². The molecule has 0 aromatic heterocycles. The third-order valence-corrected chi connectivity index (χ3v) is 4.09. The number of benzene rings is 1. The fraction of sp³-hybridized carbons (Fsp3) is 0.500. The van der Waals surface area contributed by atoms with E-state index in [0.717, 1.165) is 30.6 Å². The van der Waals surface area contributed by atoms with E-state index < -0.39 is 0 Å². The molecule has 2 nitrogen and oxygen atoms in total. The van der Waals surface area contributed by atoms with E-state index in [2.05, 4.69) is 18.2 Å². The normalized spacial score (nSPS) is 30.7. The molecule has 2 heteroatoms. The van der Waals surface area contributed by atoms with E-state index in [0.29, 0.717) is 5.92 Å². The predicted molar refractivity (Wildman–Crippen MR) is 71.7 cm³/mol. The molecule has 0 amide bonds. The van der Waals surface area contributed by atoms with Crippen molar-refractivity contribution < 1.29 is 9.84 Å². The van der Waals surface area contributed by atoms with Crippen LogP contribution in [0.25, 0.3) is 0 Å². The molecule has 0 fully saturated rings. The van der Waals surface area contributed by atoms with Crippen LogP contribution in [0.5, 0.6) is 5.75 Å². The summed E-state index contributed by atoms with van der Waals surface area (Å²) in [5, 5.41) is 10.3. The number of aliphatic hydroxyl groups is 1. The van der Waals surface area contributed by atoms with Gasteiger partial charge in [-0.15, -0.1) is 0 Å². The molecule has 1 aliphatic heterocycles. The van der Waals surface area contributed by atoms with E-state index in [9.17, 15) is 5.11 Å². The minimum atomic E-state index is -0.371. The molecule has 1 aliphatic carbocycles. The highest BCUT2D eigenvalue weighted by molar-refractivity contribution is 5.40. The van der Waals surface area contributed by atoms with Gasteiger partial charge in [0, 0.05) is 12.0 Å². The maximum atomic E-state index is 10.3. The topological polar surface area (TPSA) is 29.5 Å². The third-order valence-electron chi connectivity index (χ3n) is 4.09. The van der Waals surface area contributed by atoms with Gasteiger partial charge in [-0.3, -0.25) is 0 Å². The summed E-state index contributed by atoms with van der Waals surface area (Å²) in [5.74, 6) is 1.43. The van der Waals surface area contributed by atoms with Crippen molar-refractivity contribution >= 4 is 0 Å². The number of hydrogen-bond donors (Lipinski definition) is 1. The Balaban J connectivity index is 1.82. The molecule has 0 saturated carbocycles. The van der Waals surface area contributed by atoms with Crippen LogP contribution in [-0.4, -0.2) is 11.2 Å². The zero-order chi connectivity index (χ0) is 12.5. The summed E-state index contributed by atoms with van der Waals surface area (Å²) in [6.07, 6.45) is 8.41. The van der Waals surface area contributed by atoms with Crippen LogP contribution in [0.2, 0.25) is 0 Å². The lowest BCUT2D eigenvalue weighted by Crippen LogP contribution is -2.33. The van der Waals surface area contributed by atoms with Gasteiger partial charge in [0.05, 0.1) is 6.10 Å². The Hall–Kier alpha value is -1.28. The average Bonchev–Trinajstić information content (AvgIpc) is 2.40. The SMILES string of the molecule is Cc1ccc2c(c1)C(O)CC(C1CC=CCC1)O2. The minimum Gasteiger partial charge on any atom is -0.490 e. The lowest BCUT2D eigenvalue weighted by atomic mass is 9.84. The van der Waals surface area contributed by atoms with Crippen molar-refractivity contribution in [1.82, 2.24) is 0 Å². The van der Waals surface area contributed by atoms with Gasteiger partial charge in [-0.05, 0) is 44.2 Å². The van der Waals surface area contributed by atoms with E-state index in [4.69, 9.17) is 4.74 Å². The zero-order valence-electron chi connectivity index (χ0n) is 10.8. The lowest BCUT2D eigenvalue weighted by Gasteiger charge is -2.35. The Morgan fingerprint density at radius 3 is 2.94 bits per heavy atom. The second-order valence-electron chi connectivity index (χ2n) is 5.49. The van der Waals surface area contributed by atoms with Crippen LogP contribution in [0.3, 0.4) is 0 Å². The van der Waals surface area contributed by atoms with Crippen molar-refractivity contribution in [2.45, 2.75) is 44.8 Å². The Kier molecular flexibility index (Phi) is 3.13. The van der Waals surface area contributed by atoms with E-state index in [1.807, 2.05) is 19.1 Å². The van der Waals surface area contributed by atoms with Gasteiger partial charge in [0.1, 0.15) is 11.9 Å². The largest absolute Gasteiger partial charge is 0.490 e. The van der Waals surface area contributed by atoms with Crippen LogP contribution in [-0.2, 0) is 0 Å². The van der Waals surface area contributed by atoms with Crippen LogP contribution in [0.1, 0.15) is 42.9 Å². The van der Waals surface area contributed by atoms with Gasteiger partial charge in [-0.1, -0.05) is 23.8 Å². The molecule has 1 heterocycles. The van der Waals surface area contributed by atoms with Gasteiger partial charge in [-0.25, -0.2) is 0 Å². The van der Waals surface area contributed by atoms with Crippen molar-refractivity contribution in [3.63, 3.8) is 0 Å². The summed E-state index contributed by atoms with van der Waals surface area (Å²) in [7, 11) is 0. The molecule has 1 aromatic carbocycles. The van der Waals surface area contributed by atoms with Gasteiger partial charge in [0.2, 0.25) is 0 Å². The number of aryl methyl sites for hydroxylation is 1. The van der Waals surface area contributed by atoms with E-state index in [1.165, 1.54) is 12.0 Å². The van der Waals surface area contributed by atoms with E-state index in [-0.39, 0.29) is 12.2 Å². The second kappa shape index (κ2) is 4.77. The molecular formula is C16H20O2. The molecule has 96 valence electrons. The van der Waals surface area contributed by atoms with Gasteiger partial charge in [0.15, 0.2) is 0 Å². The average molecular weight is 244 g/mol. The van der Waals surface area contributed by atoms with Gasteiger partial charge in [-0.2, -0.15) is 0 Å². The quantitative estimate of drug-likeness (QED) is 0.766. The lowest BCUT2D eigenvalue weighted by molar-refractivity contribution is 0.0314. The molecule has 1 N–H and O–H groups in total. The summed E-state index contributed by atoms with van der Waals surface area (Å²) in [5.41, 5.74) is 2.13. The molecule has 0 saturated heterocycles. The van der Waals surface area contributed by atoms with Gasteiger partial charge in [0.25, 0.3) is 0 Å². The molecule has 1 aromatic rings. The standard InChI is InChI=1S/C16H20O2/c1-11-7-8-15-13(9-11)14(17)10-16(18-15)12-5-3-2-4-6-12/h2-3,7-9,12,14,16-17H,4-6,10H2,1H3. The molecular weight excluding hydrogens is 224 g/mol. The summed E-state index contributed by atoms with van der Waals surface area (Å²) >= 11 is 0. The number of hydrogen-bond acceptors (Lipinski definition) is 2. The van der Waals surface area contributed by atoms with Gasteiger partial charge >= 0.3 is 0 Å². The van der Waals surface area contributed by atoms with Crippen LogP contribution < -0.4 is 4.74 Å². The molecule has 2 aliphatic rings. The van der Waals surface area contributed by atoms with Crippen LogP contribution in [0, 0.1) is 12.8 Å². The maximum Gasteiger partial charge on any atom is 0.125 e. The molecule has 3 rings (SSSR count). The fourth-order valence-electron chi connectivity index (χ4n) is 3.04. The summed E-state index contributed by atoms with van der Waals surface area (Å²) in [6, 6.07) is 6.09. The van der Waals surface area contributed by atoms with Crippen LogP contribution in [0.4, 0.5) is 0 Å². The van der Waals surface area contributed by atoms with Crippen molar-refractivity contribution in [3.8, 4) is 5.75 Å². The minimum absolute atomic E-state index is 0.167. The number of aliphatic hydroxyl groups excluding tert-OH is 1. The molecule has 18 heavy (non-hydrogen) atoms. The first-order valence-corrected chi connectivity index (χ1v) is 6.84.